The van der Waals surface area contributed by atoms with Crippen LogP contribution in [0.3, 0.4) is 0 Å². The van der Waals surface area contributed by atoms with Gasteiger partial charge in [0.1, 0.15) is 5.82 Å². The monoisotopic (exact) mass is 386 g/mol. The number of rotatable bonds is 6. The molecule has 0 bridgehead atoms. The first-order chi connectivity index (χ1) is 13.5. The van der Waals surface area contributed by atoms with Crippen LogP contribution in [0, 0.1) is 19.7 Å². The number of nitrogens with one attached hydrogen (secondary N) is 1. The van der Waals surface area contributed by atoms with Crippen molar-refractivity contribution in [3.63, 3.8) is 0 Å². The van der Waals surface area contributed by atoms with Crippen molar-refractivity contribution in [2.24, 2.45) is 7.05 Å². The summed E-state index contributed by atoms with van der Waals surface area (Å²) in [6, 6.07) is 6.44. The van der Waals surface area contributed by atoms with Crippen LogP contribution in [0.15, 0.2) is 30.3 Å². The third kappa shape index (κ3) is 4.85. The highest BCUT2D eigenvalue weighted by Gasteiger charge is 2.23. The van der Waals surface area contributed by atoms with Crippen LogP contribution < -0.4 is 5.32 Å². The second kappa shape index (κ2) is 9.12. The van der Waals surface area contributed by atoms with Crippen molar-refractivity contribution in [3.8, 4) is 0 Å². The summed E-state index contributed by atoms with van der Waals surface area (Å²) in [7, 11) is 1.88. The van der Waals surface area contributed by atoms with Gasteiger partial charge in [0, 0.05) is 44.0 Å². The van der Waals surface area contributed by atoms with Gasteiger partial charge < -0.3 is 10.1 Å². The number of nitrogens with zero attached hydrogens (tertiary/aromatic N) is 3. The quantitative estimate of drug-likeness (QED) is 0.775. The van der Waals surface area contributed by atoms with Gasteiger partial charge in [-0.05, 0) is 37.6 Å². The summed E-state index contributed by atoms with van der Waals surface area (Å²) in [5.41, 5.74) is 3.84. The van der Waals surface area contributed by atoms with E-state index in [9.17, 15) is 9.18 Å². The van der Waals surface area contributed by atoms with Crippen molar-refractivity contribution in [1.29, 1.82) is 0 Å². The van der Waals surface area contributed by atoms with Crippen LogP contribution in [0.2, 0.25) is 0 Å². The highest BCUT2D eigenvalue weighted by atomic mass is 19.1. The van der Waals surface area contributed by atoms with Crippen molar-refractivity contribution in [2.75, 3.05) is 32.8 Å². The van der Waals surface area contributed by atoms with E-state index in [4.69, 9.17) is 4.74 Å². The van der Waals surface area contributed by atoms with Gasteiger partial charge in [0.05, 0.1) is 24.9 Å². The lowest BCUT2D eigenvalue weighted by Gasteiger charge is -2.34. The maximum absolute atomic E-state index is 13.3. The number of aryl methyl sites for hydroxylation is 2. The second-order valence-electron chi connectivity index (χ2n) is 7.00. The molecule has 0 radical (unpaired) electrons. The summed E-state index contributed by atoms with van der Waals surface area (Å²) in [4.78, 5) is 14.7. The Labute approximate surface area is 165 Å². The summed E-state index contributed by atoms with van der Waals surface area (Å²) < 4.78 is 20.6. The number of halogens is 1. The van der Waals surface area contributed by atoms with E-state index in [0.717, 1.165) is 35.6 Å². The van der Waals surface area contributed by atoms with Crippen molar-refractivity contribution in [1.82, 2.24) is 20.0 Å². The van der Waals surface area contributed by atoms with E-state index < -0.39 is 0 Å². The molecule has 1 N–H and O–H groups in total. The molecule has 1 aromatic carbocycles. The Kier molecular flexibility index (Phi) is 6.59. The number of amides is 1. The maximum Gasteiger partial charge on any atom is 0.244 e. The van der Waals surface area contributed by atoms with Gasteiger partial charge in [0.15, 0.2) is 0 Å². The molecule has 1 amide bonds. The number of carbonyl (C=O) groups excluding carboxylic acids is 1. The van der Waals surface area contributed by atoms with Gasteiger partial charge in [-0.2, -0.15) is 5.10 Å². The maximum atomic E-state index is 13.3. The number of hydrogen-bond donors (Lipinski definition) is 1. The third-order valence-corrected chi connectivity index (χ3v) is 5.18. The minimum absolute atomic E-state index is 0.0243. The summed E-state index contributed by atoms with van der Waals surface area (Å²) in [6.07, 6.45) is 3.34. The molecule has 1 aliphatic rings. The Morgan fingerprint density at radius 1 is 1.29 bits per heavy atom. The van der Waals surface area contributed by atoms with Crippen LogP contribution in [0.25, 0.3) is 6.08 Å². The number of hydrogen-bond acceptors (Lipinski definition) is 4. The highest BCUT2D eigenvalue weighted by molar-refractivity contribution is 5.92. The summed E-state index contributed by atoms with van der Waals surface area (Å²) >= 11 is 0. The third-order valence-electron chi connectivity index (χ3n) is 5.18. The van der Waals surface area contributed by atoms with E-state index in [2.05, 4.69) is 15.3 Å². The Hall–Kier alpha value is -2.51. The molecular weight excluding hydrogens is 359 g/mol. The summed E-state index contributed by atoms with van der Waals surface area (Å²) in [5.74, 6) is -0.429. The Bertz CT molecular complexity index is 839. The van der Waals surface area contributed by atoms with E-state index in [1.54, 1.807) is 22.9 Å². The fourth-order valence-electron chi connectivity index (χ4n) is 3.48. The number of aromatic nitrogens is 2. The van der Waals surface area contributed by atoms with Crippen LogP contribution in [0.4, 0.5) is 4.39 Å². The summed E-state index contributed by atoms with van der Waals surface area (Å²) in [5, 5.41) is 7.34. The zero-order valence-corrected chi connectivity index (χ0v) is 16.6. The number of morpholine rings is 1. The first kappa shape index (κ1) is 20.2. The smallest absolute Gasteiger partial charge is 0.244 e. The predicted octanol–water partition coefficient (Wildman–Crippen LogP) is 2.38. The standard InChI is InChI=1S/C21H27FN4O2/c1-15-19(16(2)25(3)24-15)8-9-21(27)23-14-20(26-10-12-28-13-11-26)17-4-6-18(22)7-5-17/h4-9,20H,10-14H2,1-3H3,(H,23,27)/b9-8+. The molecule has 1 aliphatic heterocycles. The molecule has 7 heteroatoms. The topological polar surface area (TPSA) is 59.4 Å². The van der Waals surface area contributed by atoms with Gasteiger partial charge in [-0.3, -0.25) is 14.4 Å². The molecule has 0 spiro atoms. The molecule has 1 atom stereocenters. The average molecular weight is 386 g/mol. The molecule has 28 heavy (non-hydrogen) atoms. The average Bonchev–Trinajstić information content (AvgIpc) is 2.94. The lowest BCUT2D eigenvalue weighted by molar-refractivity contribution is -0.116. The van der Waals surface area contributed by atoms with E-state index >= 15 is 0 Å². The molecule has 1 aromatic heterocycles. The fourth-order valence-corrected chi connectivity index (χ4v) is 3.48. The predicted molar refractivity (Wildman–Crippen MR) is 106 cm³/mol. The lowest BCUT2D eigenvalue weighted by atomic mass is 10.0. The minimum atomic E-state index is -0.265. The van der Waals surface area contributed by atoms with Crippen molar-refractivity contribution < 1.29 is 13.9 Å². The van der Waals surface area contributed by atoms with Crippen LogP contribution >= 0.6 is 0 Å². The SMILES string of the molecule is Cc1nn(C)c(C)c1/C=C/C(=O)NCC(c1ccc(F)cc1)N1CCOCC1. The van der Waals surface area contributed by atoms with Gasteiger partial charge >= 0.3 is 0 Å². The number of carbonyl (C=O) groups is 1. The zero-order valence-electron chi connectivity index (χ0n) is 16.6. The van der Waals surface area contributed by atoms with Gasteiger partial charge in [0.2, 0.25) is 5.91 Å². The molecular formula is C21H27FN4O2. The second-order valence-corrected chi connectivity index (χ2v) is 7.00. The van der Waals surface area contributed by atoms with E-state index in [1.165, 1.54) is 18.2 Å². The lowest BCUT2D eigenvalue weighted by Crippen LogP contribution is -2.43. The molecule has 1 saturated heterocycles. The number of ether oxygens (including phenoxy) is 1. The van der Waals surface area contributed by atoms with Gasteiger partial charge in [-0.25, -0.2) is 4.39 Å². The minimum Gasteiger partial charge on any atom is -0.379 e. The highest BCUT2D eigenvalue weighted by Crippen LogP contribution is 2.22. The largest absolute Gasteiger partial charge is 0.379 e. The van der Waals surface area contributed by atoms with E-state index in [-0.39, 0.29) is 17.8 Å². The summed E-state index contributed by atoms with van der Waals surface area (Å²) in [6.45, 7) is 7.22. The Balaban J connectivity index is 1.67. The van der Waals surface area contributed by atoms with Crippen molar-refractivity contribution in [3.05, 3.63) is 58.7 Å². The molecule has 1 unspecified atom stereocenters. The van der Waals surface area contributed by atoms with Gasteiger partial charge in [0.25, 0.3) is 0 Å². The van der Waals surface area contributed by atoms with E-state index in [0.29, 0.717) is 19.8 Å². The molecule has 1 fully saturated rings. The molecule has 2 heterocycles. The fraction of sp³-hybridized carbons (Fsp3) is 0.429. The van der Waals surface area contributed by atoms with Crippen LogP contribution in [0.1, 0.15) is 28.6 Å². The first-order valence-electron chi connectivity index (χ1n) is 9.49. The molecule has 0 aliphatic carbocycles. The Morgan fingerprint density at radius 3 is 2.57 bits per heavy atom. The first-order valence-corrected chi connectivity index (χ1v) is 9.49. The molecule has 6 nitrogen and oxygen atoms in total. The van der Waals surface area contributed by atoms with Crippen molar-refractivity contribution in [2.45, 2.75) is 19.9 Å². The number of benzene rings is 1. The van der Waals surface area contributed by atoms with E-state index in [1.807, 2.05) is 20.9 Å². The molecule has 0 saturated carbocycles. The molecule has 150 valence electrons. The van der Waals surface area contributed by atoms with Crippen molar-refractivity contribution >= 4 is 12.0 Å². The van der Waals surface area contributed by atoms with Gasteiger partial charge in [-0.15, -0.1) is 0 Å². The van der Waals surface area contributed by atoms with Crippen LogP contribution in [0.5, 0.6) is 0 Å². The van der Waals surface area contributed by atoms with Crippen LogP contribution in [-0.4, -0.2) is 53.4 Å². The van der Waals surface area contributed by atoms with Crippen LogP contribution in [-0.2, 0) is 16.6 Å². The molecule has 2 aromatic rings. The van der Waals surface area contributed by atoms with Gasteiger partial charge in [-0.1, -0.05) is 12.1 Å². The molecule has 3 rings (SSSR count). The zero-order chi connectivity index (χ0) is 20.1. The normalized spacial score (nSPS) is 16.4. The Morgan fingerprint density at radius 2 is 1.96 bits per heavy atom.